The van der Waals surface area contributed by atoms with Crippen molar-refractivity contribution in [3.8, 4) is 11.5 Å². The van der Waals surface area contributed by atoms with Gasteiger partial charge in [0.15, 0.2) is 0 Å². The molecule has 23 heavy (non-hydrogen) atoms. The molecule has 0 aliphatic carbocycles. The van der Waals surface area contributed by atoms with Crippen molar-refractivity contribution in [1.29, 1.82) is 0 Å². The molecule has 0 fully saturated rings. The number of nitro groups is 1. The van der Waals surface area contributed by atoms with E-state index >= 15 is 0 Å². The quantitative estimate of drug-likeness (QED) is 0.344. The molecule has 0 bridgehead atoms. The summed E-state index contributed by atoms with van der Waals surface area (Å²) in [6.07, 6.45) is 3.12. The van der Waals surface area contributed by atoms with Gasteiger partial charge in [-0.2, -0.15) is 14.9 Å². The first-order valence-electron chi connectivity index (χ1n) is 6.53. The number of hydrogen-bond donors (Lipinski definition) is 1. The Kier molecular flexibility index (Phi) is 4.02. The molecular weight excluding hydrogens is 316 g/mol. The van der Waals surface area contributed by atoms with Gasteiger partial charge < -0.3 is 0 Å². The maximum atomic E-state index is 10.8. The van der Waals surface area contributed by atoms with Crippen molar-refractivity contribution in [2.75, 3.05) is 0 Å². The third-order valence-corrected chi connectivity index (χ3v) is 3.21. The Bertz CT molecular complexity index is 932. The summed E-state index contributed by atoms with van der Waals surface area (Å²) < 4.78 is 1.71. The summed E-state index contributed by atoms with van der Waals surface area (Å²) >= 11 is 5.15. The number of nitrogens with one attached hydrogen (secondary N) is 1. The molecule has 0 aliphatic heterocycles. The van der Waals surface area contributed by atoms with Gasteiger partial charge in [-0.15, -0.1) is 0 Å². The average molecular weight is 326 g/mol. The van der Waals surface area contributed by atoms with Crippen molar-refractivity contribution in [3.63, 3.8) is 0 Å². The predicted octanol–water partition coefficient (Wildman–Crippen LogP) is 2.79. The minimum absolute atomic E-state index is 0.00492. The molecule has 9 heteroatoms. The Labute approximate surface area is 135 Å². The summed E-state index contributed by atoms with van der Waals surface area (Å²) in [5.74, 6) is 0.456. The molecule has 0 saturated carbocycles. The second kappa shape index (κ2) is 6.28. The molecule has 0 spiro atoms. The van der Waals surface area contributed by atoms with Gasteiger partial charge in [0.1, 0.15) is 5.69 Å². The number of benzene rings is 1. The van der Waals surface area contributed by atoms with Gasteiger partial charge in [0.2, 0.25) is 10.6 Å². The van der Waals surface area contributed by atoms with Gasteiger partial charge in [0, 0.05) is 23.9 Å². The first-order chi connectivity index (χ1) is 11.1. The van der Waals surface area contributed by atoms with Crippen LogP contribution in [-0.2, 0) is 0 Å². The van der Waals surface area contributed by atoms with Crippen LogP contribution in [0.2, 0.25) is 0 Å². The first kappa shape index (κ1) is 14.7. The molecule has 2 aromatic heterocycles. The summed E-state index contributed by atoms with van der Waals surface area (Å²) in [5, 5.41) is 21.8. The molecule has 8 nitrogen and oxygen atoms in total. The van der Waals surface area contributed by atoms with Crippen LogP contribution in [0.15, 0.2) is 53.8 Å². The predicted molar refractivity (Wildman–Crippen MR) is 86.7 cm³/mol. The standard InChI is InChI=1S/C14H10N6O2S/c21-20(22)11-5-3-4-10(8-11)9-16-19-13(17-18-14(19)23)12-6-1-2-7-15-12/h1-9H,(H,18,23)/b16-9-. The van der Waals surface area contributed by atoms with Gasteiger partial charge in [0.05, 0.1) is 11.1 Å². The van der Waals surface area contributed by atoms with Crippen LogP contribution in [0.3, 0.4) is 0 Å². The molecule has 0 amide bonds. The number of H-pyrrole nitrogens is 1. The third-order valence-electron chi connectivity index (χ3n) is 2.95. The van der Waals surface area contributed by atoms with Crippen LogP contribution < -0.4 is 0 Å². The lowest BCUT2D eigenvalue weighted by atomic mass is 10.2. The zero-order chi connectivity index (χ0) is 16.2. The van der Waals surface area contributed by atoms with Gasteiger partial charge in [0.25, 0.3) is 5.69 Å². The van der Waals surface area contributed by atoms with Crippen molar-refractivity contribution in [2.24, 2.45) is 5.10 Å². The van der Waals surface area contributed by atoms with Gasteiger partial charge in [-0.3, -0.25) is 15.1 Å². The lowest BCUT2D eigenvalue weighted by Gasteiger charge is -1.99. The molecule has 1 N–H and O–H groups in total. The smallest absolute Gasteiger partial charge is 0.258 e. The number of nitrogens with zero attached hydrogens (tertiary/aromatic N) is 5. The van der Waals surface area contributed by atoms with Gasteiger partial charge in [-0.25, -0.2) is 5.10 Å². The number of hydrogen-bond acceptors (Lipinski definition) is 6. The molecule has 3 rings (SSSR count). The van der Waals surface area contributed by atoms with Gasteiger partial charge >= 0.3 is 0 Å². The lowest BCUT2D eigenvalue weighted by Crippen LogP contribution is -1.96. The van der Waals surface area contributed by atoms with Crippen molar-refractivity contribution in [3.05, 3.63) is 69.1 Å². The van der Waals surface area contributed by atoms with Crippen LogP contribution in [0.25, 0.3) is 11.5 Å². The third kappa shape index (κ3) is 3.19. The zero-order valence-corrected chi connectivity index (χ0v) is 12.5. The molecule has 0 saturated heterocycles. The zero-order valence-electron chi connectivity index (χ0n) is 11.7. The van der Waals surface area contributed by atoms with E-state index in [0.717, 1.165) is 0 Å². The summed E-state index contributed by atoms with van der Waals surface area (Å²) in [7, 11) is 0. The second-order valence-corrected chi connectivity index (χ2v) is 4.86. The van der Waals surface area contributed by atoms with Crippen LogP contribution in [0.1, 0.15) is 5.56 Å². The Balaban J connectivity index is 1.98. The highest BCUT2D eigenvalue weighted by Crippen LogP contribution is 2.15. The number of aromatic amines is 1. The molecule has 0 unspecified atom stereocenters. The lowest BCUT2D eigenvalue weighted by molar-refractivity contribution is -0.384. The average Bonchev–Trinajstić information content (AvgIpc) is 2.95. The minimum Gasteiger partial charge on any atom is -0.258 e. The summed E-state index contributed by atoms with van der Waals surface area (Å²) in [6.45, 7) is 0. The largest absolute Gasteiger partial charge is 0.270 e. The molecule has 3 aromatic rings. The van der Waals surface area contributed by atoms with E-state index in [1.165, 1.54) is 23.0 Å². The molecule has 0 radical (unpaired) electrons. The van der Waals surface area contributed by atoms with E-state index < -0.39 is 4.92 Å². The van der Waals surface area contributed by atoms with Crippen molar-refractivity contribution < 1.29 is 4.92 Å². The highest BCUT2D eigenvalue weighted by molar-refractivity contribution is 7.71. The summed E-state index contributed by atoms with van der Waals surface area (Å²) in [6, 6.07) is 11.5. The molecular formula is C14H10N6O2S. The number of rotatable bonds is 4. The Morgan fingerprint density at radius 2 is 2.17 bits per heavy atom. The number of non-ortho nitro benzene ring substituents is 1. The highest BCUT2D eigenvalue weighted by atomic mass is 32.1. The van der Waals surface area contributed by atoms with E-state index in [1.807, 2.05) is 6.07 Å². The normalized spacial score (nSPS) is 11.0. The van der Waals surface area contributed by atoms with Crippen LogP contribution in [0.5, 0.6) is 0 Å². The Hall–Kier alpha value is -3.20. The van der Waals surface area contributed by atoms with E-state index in [4.69, 9.17) is 12.2 Å². The highest BCUT2D eigenvalue weighted by Gasteiger charge is 2.09. The second-order valence-electron chi connectivity index (χ2n) is 4.48. The monoisotopic (exact) mass is 326 g/mol. The Morgan fingerprint density at radius 1 is 1.30 bits per heavy atom. The van der Waals surface area contributed by atoms with E-state index in [0.29, 0.717) is 21.9 Å². The number of aromatic nitrogens is 4. The van der Waals surface area contributed by atoms with Crippen molar-refractivity contribution in [2.45, 2.75) is 0 Å². The van der Waals surface area contributed by atoms with Gasteiger partial charge in [-0.1, -0.05) is 18.2 Å². The summed E-state index contributed by atoms with van der Waals surface area (Å²) in [5.41, 5.74) is 1.18. The topological polar surface area (TPSA) is 102 Å². The van der Waals surface area contributed by atoms with Gasteiger partial charge in [-0.05, 0) is 24.4 Å². The number of nitro benzene ring substituents is 1. The fourth-order valence-electron chi connectivity index (χ4n) is 1.90. The molecule has 0 atom stereocenters. The summed E-state index contributed by atoms with van der Waals surface area (Å²) in [4.78, 5) is 14.5. The maximum Gasteiger partial charge on any atom is 0.270 e. The van der Waals surface area contributed by atoms with E-state index in [9.17, 15) is 10.1 Å². The molecule has 114 valence electrons. The number of pyridine rings is 1. The minimum atomic E-state index is -0.458. The van der Waals surface area contributed by atoms with Crippen LogP contribution in [0.4, 0.5) is 5.69 Å². The molecule has 1 aromatic carbocycles. The fraction of sp³-hybridized carbons (Fsp3) is 0. The van der Waals surface area contributed by atoms with Crippen molar-refractivity contribution >= 4 is 24.1 Å². The van der Waals surface area contributed by atoms with Crippen molar-refractivity contribution in [1.82, 2.24) is 19.9 Å². The fourth-order valence-corrected chi connectivity index (χ4v) is 2.08. The van der Waals surface area contributed by atoms with Crippen LogP contribution in [0, 0.1) is 14.9 Å². The molecule has 0 aliphatic rings. The first-order valence-corrected chi connectivity index (χ1v) is 6.93. The van der Waals surface area contributed by atoms with Crippen LogP contribution >= 0.6 is 12.2 Å². The van der Waals surface area contributed by atoms with E-state index in [-0.39, 0.29) is 5.69 Å². The maximum absolute atomic E-state index is 10.8. The van der Waals surface area contributed by atoms with E-state index in [1.54, 1.807) is 30.5 Å². The SMILES string of the molecule is O=[N+]([O-])c1cccc(/C=N\n2c(-c3ccccn3)n[nH]c2=S)c1. The molecule has 2 heterocycles. The van der Waals surface area contributed by atoms with Crippen LogP contribution in [-0.4, -0.2) is 31.0 Å². The van der Waals surface area contributed by atoms with E-state index in [2.05, 4.69) is 20.3 Å². The Morgan fingerprint density at radius 3 is 2.91 bits per heavy atom.